The second-order valence-electron chi connectivity index (χ2n) is 6.98. The van der Waals surface area contributed by atoms with Crippen LogP contribution in [0.25, 0.3) is 0 Å². The summed E-state index contributed by atoms with van der Waals surface area (Å²) in [6.45, 7) is -0.728. The number of aliphatic hydroxyl groups excluding tert-OH is 2. The van der Waals surface area contributed by atoms with Gasteiger partial charge in [0.05, 0.1) is 19.3 Å². The number of guanidine groups is 1. The maximum Gasteiger partial charge on any atom is 0.326 e. The molecule has 14 heteroatoms. The van der Waals surface area contributed by atoms with Crippen LogP contribution in [0.15, 0.2) is 4.99 Å². The number of carboxylic acid groups (broad SMARTS) is 1. The van der Waals surface area contributed by atoms with Crippen molar-refractivity contribution in [2.45, 2.75) is 49.9 Å². The lowest BCUT2D eigenvalue weighted by Crippen LogP contribution is -2.58. The normalized spacial score (nSPS) is 18.3. The van der Waals surface area contributed by atoms with Gasteiger partial charge in [-0.2, -0.15) is 0 Å². The summed E-state index contributed by atoms with van der Waals surface area (Å²) < 4.78 is 0. The zero-order chi connectivity index (χ0) is 23.4. The minimum Gasteiger partial charge on any atom is -0.480 e. The fourth-order valence-corrected chi connectivity index (χ4v) is 2.87. The second-order valence-corrected chi connectivity index (χ2v) is 6.98. The average Bonchev–Trinajstić information content (AvgIpc) is 3.26. The molecule has 1 fully saturated rings. The molecule has 31 heavy (non-hydrogen) atoms. The molecule has 0 saturated carbocycles. The summed E-state index contributed by atoms with van der Waals surface area (Å²) in [5.74, 6) is -3.77. The maximum absolute atomic E-state index is 12.3. The zero-order valence-electron chi connectivity index (χ0n) is 17.0. The van der Waals surface area contributed by atoms with E-state index in [-0.39, 0.29) is 25.3 Å². The number of amides is 3. The van der Waals surface area contributed by atoms with Crippen LogP contribution in [0.2, 0.25) is 0 Å². The summed E-state index contributed by atoms with van der Waals surface area (Å²) in [7, 11) is 0. The van der Waals surface area contributed by atoms with Crippen molar-refractivity contribution >= 4 is 29.7 Å². The molecule has 0 spiro atoms. The van der Waals surface area contributed by atoms with Gasteiger partial charge in [-0.15, -0.1) is 0 Å². The molecule has 0 aliphatic carbocycles. The third-order valence-electron chi connectivity index (χ3n) is 4.57. The Balaban J connectivity index is 2.63. The Morgan fingerprint density at radius 3 is 2.06 bits per heavy atom. The molecule has 0 aromatic carbocycles. The van der Waals surface area contributed by atoms with Crippen LogP contribution in [0, 0.1) is 0 Å². The van der Waals surface area contributed by atoms with E-state index in [2.05, 4.69) is 26.3 Å². The molecular weight excluding hydrogens is 414 g/mol. The molecule has 4 atom stereocenters. The zero-order valence-corrected chi connectivity index (χ0v) is 17.0. The fraction of sp³-hybridized carbons (Fsp3) is 0.706. The molecule has 3 amide bonds. The Morgan fingerprint density at radius 2 is 1.58 bits per heavy atom. The molecule has 0 radical (unpaired) electrons. The lowest BCUT2D eigenvalue weighted by atomic mass is 10.1. The average molecular weight is 445 g/mol. The van der Waals surface area contributed by atoms with Crippen LogP contribution in [-0.4, -0.2) is 95.4 Å². The van der Waals surface area contributed by atoms with Crippen LogP contribution in [0.4, 0.5) is 0 Å². The highest BCUT2D eigenvalue weighted by molar-refractivity contribution is 5.94. The molecule has 1 aliphatic rings. The van der Waals surface area contributed by atoms with Crippen molar-refractivity contribution in [1.82, 2.24) is 21.3 Å². The van der Waals surface area contributed by atoms with Gasteiger partial charge in [0, 0.05) is 6.54 Å². The van der Waals surface area contributed by atoms with E-state index in [4.69, 9.17) is 11.5 Å². The molecule has 0 aromatic heterocycles. The lowest BCUT2D eigenvalue weighted by molar-refractivity contribution is -0.142. The number of rotatable bonds is 13. The van der Waals surface area contributed by atoms with Crippen LogP contribution in [0.3, 0.4) is 0 Å². The van der Waals surface area contributed by atoms with E-state index in [0.717, 1.165) is 6.42 Å². The summed E-state index contributed by atoms with van der Waals surface area (Å²) in [6, 6.07) is -4.60. The van der Waals surface area contributed by atoms with Crippen LogP contribution in [-0.2, 0) is 19.2 Å². The van der Waals surface area contributed by atoms with Crippen LogP contribution in [0.1, 0.15) is 25.7 Å². The van der Waals surface area contributed by atoms with E-state index in [1.807, 2.05) is 0 Å². The largest absolute Gasteiger partial charge is 0.480 e. The van der Waals surface area contributed by atoms with Gasteiger partial charge in [-0.05, 0) is 32.2 Å². The van der Waals surface area contributed by atoms with Gasteiger partial charge in [0.25, 0.3) is 0 Å². The van der Waals surface area contributed by atoms with E-state index in [9.17, 15) is 34.5 Å². The molecule has 11 N–H and O–H groups in total. The minimum atomic E-state index is -1.48. The maximum atomic E-state index is 12.3. The number of hydrogen-bond donors (Lipinski definition) is 9. The first-order valence-electron chi connectivity index (χ1n) is 9.84. The predicted octanol–water partition coefficient (Wildman–Crippen LogP) is -4.68. The number of hydrogen-bond acceptors (Lipinski definition) is 8. The number of carbonyl (C=O) groups is 4. The van der Waals surface area contributed by atoms with Crippen molar-refractivity contribution in [2.24, 2.45) is 16.5 Å². The van der Waals surface area contributed by atoms with Gasteiger partial charge in [-0.3, -0.25) is 19.4 Å². The number of nitrogens with zero attached hydrogens (tertiary/aromatic N) is 1. The first-order chi connectivity index (χ1) is 14.7. The van der Waals surface area contributed by atoms with E-state index in [1.165, 1.54) is 0 Å². The van der Waals surface area contributed by atoms with Gasteiger partial charge >= 0.3 is 5.97 Å². The number of aliphatic carboxylic acids is 1. The molecule has 0 aromatic rings. The SMILES string of the molecule is NC(N)=NCCCC(NC(=O)C(CO)NC(=O)C(CO)NC(=O)C1CCCN1)C(=O)O. The Bertz CT molecular complexity index is 663. The Labute approximate surface area is 178 Å². The molecular formula is C17H31N7O7. The van der Waals surface area contributed by atoms with E-state index < -0.39 is 61.1 Å². The summed E-state index contributed by atoms with van der Waals surface area (Å²) >= 11 is 0. The quantitative estimate of drug-likeness (QED) is 0.0745. The summed E-state index contributed by atoms with van der Waals surface area (Å²) in [5.41, 5.74) is 10.4. The number of nitrogens with two attached hydrogens (primary N) is 2. The van der Waals surface area contributed by atoms with E-state index in [0.29, 0.717) is 13.0 Å². The Kier molecular flexibility index (Phi) is 11.2. The molecule has 1 saturated heterocycles. The number of aliphatic hydroxyl groups is 2. The summed E-state index contributed by atoms with van der Waals surface area (Å²) in [4.78, 5) is 51.9. The first kappa shape index (κ1) is 26.1. The van der Waals surface area contributed by atoms with Crippen molar-refractivity contribution < 1.29 is 34.5 Å². The molecule has 1 aliphatic heterocycles. The number of carbonyl (C=O) groups excluding carboxylic acids is 3. The molecule has 1 heterocycles. The third-order valence-corrected chi connectivity index (χ3v) is 4.57. The summed E-state index contributed by atoms with van der Waals surface area (Å²) in [5, 5.41) is 37.9. The van der Waals surface area contributed by atoms with Crippen molar-refractivity contribution in [3.05, 3.63) is 0 Å². The van der Waals surface area contributed by atoms with E-state index in [1.54, 1.807) is 0 Å². The highest BCUT2D eigenvalue weighted by Gasteiger charge is 2.30. The molecule has 1 rings (SSSR count). The smallest absolute Gasteiger partial charge is 0.326 e. The van der Waals surface area contributed by atoms with Gasteiger partial charge in [-0.25, -0.2) is 4.79 Å². The van der Waals surface area contributed by atoms with Gasteiger partial charge < -0.3 is 48.1 Å². The van der Waals surface area contributed by atoms with Crippen molar-refractivity contribution in [3.8, 4) is 0 Å². The Hall–Kier alpha value is -2.97. The predicted molar refractivity (Wildman–Crippen MR) is 109 cm³/mol. The number of nitrogens with one attached hydrogen (secondary N) is 4. The highest BCUT2D eigenvalue weighted by Crippen LogP contribution is 2.05. The van der Waals surface area contributed by atoms with Crippen molar-refractivity contribution in [1.29, 1.82) is 0 Å². The van der Waals surface area contributed by atoms with Gasteiger partial charge in [-0.1, -0.05) is 0 Å². The Morgan fingerprint density at radius 1 is 1.00 bits per heavy atom. The lowest BCUT2D eigenvalue weighted by Gasteiger charge is -2.23. The van der Waals surface area contributed by atoms with Crippen LogP contribution in [0.5, 0.6) is 0 Å². The second kappa shape index (κ2) is 13.4. The van der Waals surface area contributed by atoms with E-state index >= 15 is 0 Å². The molecule has 176 valence electrons. The topological polar surface area (TPSA) is 241 Å². The van der Waals surface area contributed by atoms with Gasteiger partial charge in [0.15, 0.2) is 5.96 Å². The first-order valence-corrected chi connectivity index (χ1v) is 9.84. The van der Waals surface area contributed by atoms with Crippen molar-refractivity contribution in [3.63, 3.8) is 0 Å². The highest BCUT2D eigenvalue weighted by atomic mass is 16.4. The van der Waals surface area contributed by atoms with Crippen LogP contribution < -0.4 is 32.7 Å². The van der Waals surface area contributed by atoms with Gasteiger partial charge in [0.1, 0.15) is 18.1 Å². The molecule has 0 bridgehead atoms. The fourth-order valence-electron chi connectivity index (χ4n) is 2.87. The minimum absolute atomic E-state index is 0.00760. The standard InChI is InChI=1S/C17H31N7O7/c18-17(19)21-6-2-4-10(16(30)31)22-14(28)11(7-25)24-15(29)12(8-26)23-13(27)9-3-1-5-20-9/h9-12,20,25-26H,1-8H2,(H,22,28)(H,23,27)(H,24,29)(H,30,31)(H4,18,19,21). The third kappa shape index (κ3) is 9.15. The summed E-state index contributed by atoms with van der Waals surface area (Å²) in [6.07, 6.45) is 1.66. The van der Waals surface area contributed by atoms with Crippen LogP contribution >= 0.6 is 0 Å². The molecule has 4 unspecified atom stereocenters. The van der Waals surface area contributed by atoms with Gasteiger partial charge in [0.2, 0.25) is 17.7 Å². The number of carboxylic acids is 1. The van der Waals surface area contributed by atoms with Crippen molar-refractivity contribution in [2.75, 3.05) is 26.3 Å². The molecule has 14 nitrogen and oxygen atoms in total. The monoisotopic (exact) mass is 445 g/mol. The number of aliphatic imine (C=N–C) groups is 1.